The van der Waals surface area contributed by atoms with Gasteiger partial charge in [0, 0.05) is 0 Å². The van der Waals surface area contributed by atoms with E-state index in [1.807, 2.05) is 28.6 Å². The number of hydrogen-bond acceptors (Lipinski definition) is 3. The molecule has 0 aromatic carbocycles. The molecule has 0 aromatic rings. The molecule has 0 saturated carbocycles. The van der Waals surface area contributed by atoms with Crippen LogP contribution in [0.5, 0.6) is 0 Å². The minimum Gasteiger partial charge on any atom is -0.388 e. The topological polar surface area (TPSA) is 38.7 Å². The van der Waals surface area contributed by atoms with Crippen molar-refractivity contribution >= 4 is 7.85 Å². The van der Waals surface area contributed by atoms with Gasteiger partial charge in [0.15, 0.2) is 0 Å². The number of ether oxygens (including phenoxy) is 2. The largest absolute Gasteiger partial charge is 0.388 e. The van der Waals surface area contributed by atoms with Crippen LogP contribution in [0.1, 0.15) is 27.2 Å². The van der Waals surface area contributed by atoms with Gasteiger partial charge in [0.2, 0.25) is 0 Å². The Hall–Kier alpha value is -0.0551. The Morgan fingerprint density at radius 3 is 2.54 bits per heavy atom. The highest BCUT2D eigenvalue weighted by Crippen LogP contribution is 2.24. The molecule has 0 amide bonds. The zero-order valence-electron chi connectivity index (χ0n) is 8.86. The fourth-order valence-corrected chi connectivity index (χ4v) is 1.77. The molecule has 1 heterocycles. The Bertz CT molecular complexity index is 163. The molecule has 1 unspecified atom stereocenters. The lowest BCUT2D eigenvalue weighted by Crippen LogP contribution is -2.37. The molecule has 3 nitrogen and oxygen atoms in total. The Morgan fingerprint density at radius 1 is 1.54 bits per heavy atom. The third-order valence-electron chi connectivity index (χ3n) is 2.40. The van der Waals surface area contributed by atoms with Gasteiger partial charge in [-0.3, -0.25) is 0 Å². The summed E-state index contributed by atoms with van der Waals surface area (Å²) in [5, 5.41) is 9.82. The van der Waals surface area contributed by atoms with E-state index >= 15 is 0 Å². The molecule has 0 aliphatic carbocycles. The molecule has 0 spiro atoms. The van der Waals surface area contributed by atoms with E-state index in [1.165, 1.54) is 0 Å². The lowest BCUT2D eigenvalue weighted by Gasteiger charge is -2.21. The van der Waals surface area contributed by atoms with Gasteiger partial charge in [-0.05, 0) is 20.3 Å². The van der Waals surface area contributed by atoms with E-state index in [2.05, 4.69) is 0 Å². The van der Waals surface area contributed by atoms with E-state index in [9.17, 15) is 5.11 Å². The second kappa shape index (κ2) is 4.44. The number of rotatable bonds is 3. The summed E-state index contributed by atoms with van der Waals surface area (Å²) in [5.74, 6) is 0. The van der Waals surface area contributed by atoms with Crippen LogP contribution in [0.4, 0.5) is 0 Å². The Labute approximate surface area is 80.8 Å². The van der Waals surface area contributed by atoms with Crippen LogP contribution < -0.4 is 0 Å². The summed E-state index contributed by atoms with van der Waals surface area (Å²) in [4.78, 5) is 0. The van der Waals surface area contributed by atoms with Gasteiger partial charge < -0.3 is 14.6 Å². The van der Waals surface area contributed by atoms with Gasteiger partial charge in [0.05, 0.1) is 18.2 Å². The first-order valence-electron chi connectivity index (χ1n) is 5.05. The molecule has 1 aliphatic rings. The van der Waals surface area contributed by atoms with E-state index in [1.54, 1.807) is 0 Å². The molecule has 1 saturated heterocycles. The molecule has 1 N–H and O–H groups in total. The predicted molar refractivity (Wildman–Crippen MR) is 53.5 cm³/mol. The lowest BCUT2D eigenvalue weighted by atomic mass is 9.92. The molecule has 4 atom stereocenters. The van der Waals surface area contributed by atoms with Gasteiger partial charge in [-0.2, -0.15) is 0 Å². The molecular weight excluding hydrogens is 167 g/mol. The van der Waals surface area contributed by atoms with Gasteiger partial charge in [-0.25, -0.2) is 0 Å². The van der Waals surface area contributed by atoms with Crippen molar-refractivity contribution in [1.29, 1.82) is 0 Å². The van der Waals surface area contributed by atoms with Gasteiger partial charge in [-0.15, -0.1) is 0 Å². The summed E-state index contributed by atoms with van der Waals surface area (Å²) >= 11 is 0. The number of aliphatic hydroxyl groups excluding tert-OH is 1. The van der Waals surface area contributed by atoms with Crippen LogP contribution in [0.25, 0.3) is 0 Å². The third kappa shape index (κ3) is 2.45. The van der Waals surface area contributed by atoms with E-state index in [4.69, 9.17) is 9.47 Å². The summed E-state index contributed by atoms with van der Waals surface area (Å²) in [5.41, 5.74) is 0. The van der Waals surface area contributed by atoms with Crippen LogP contribution in [0, 0.1) is 0 Å². The van der Waals surface area contributed by atoms with Crippen molar-refractivity contribution in [3.05, 3.63) is 0 Å². The van der Waals surface area contributed by atoms with Crippen molar-refractivity contribution in [1.82, 2.24) is 0 Å². The van der Waals surface area contributed by atoms with Gasteiger partial charge in [0.25, 0.3) is 0 Å². The van der Waals surface area contributed by atoms with Gasteiger partial charge in [0.1, 0.15) is 20.1 Å². The van der Waals surface area contributed by atoms with Gasteiger partial charge in [-0.1, -0.05) is 6.92 Å². The summed E-state index contributed by atoms with van der Waals surface area (Å²) in [6, 6.07) is 0.00218. The van der Waals surface area contributed by atoms with Crippen molar-refractivity contribution in [3.8, 4) is 0 Å². The highest BCUT2D eigenvalue weighted by Gasteiger charge is 2.41. The first kappa shape index (κ1) is 11.0. The third-order valence-corrected chi connectivity index (χ3v) is 2.40. The molecule has 1 aliphatic heterocycles. The average molecular weight is 186 g/mol. The predicted octanol–water partition coefficient (Wildman–Crippen LogP) is -0.0911. The van der Waals surface area contributed by atoms with E-state index in [0.29, 0.717) is 0 Å². The summed E-state index contributed by atoms with van der Waals surface area (Å²) in [6.07, 6.45) is 0.288. The van der Waals surface area contributed by atoms with Gasteiger partial charge >= 0.3 is 0 Å². The van der Waals surface area contributed by atoms with E-state index < -0.39 is 6.10 Å². The van der Waals surface area contributed by atoms with Crippen LogP contribution in [0.2, 0.25) is 0 Å². The van der Waals surface area contributed by atoms with E-state index in [0.717, 1.165) is 6.42 Å². The minimum atomic E-state index is -0.470. The molecule has 13 heavy (non-hydrogen) atoms. The van der Waals surface area contributed by atoms with Crippen molar-refractivity contribution in [2.45, 2.75) is 57.6 Å². The lowest BCUT2D eigenvalue weighted by molar-refractivity contribution is -0.0512. The fraction of sp³-hybridized carbons (Fsp3) is 1.00. The summed E-state index contributed by atoms with van der Waals surface area (Å²) in [7, 11) is 1.95. The van der Waals surface area contributed by atoms with E-state index in [-0.39, 0.29) is 24.3 Å². The molecule has 76 valence electrons. The maximum absolute atomic E-state index is 9.82. The van der Waals surface area contributed by atoms with Crippen LogP contribution >= 0.6 is 0 Å². The molecule has 0 bridgehead atoms. The molecule has 1 fully saturated rings. The smallest absolute Gasteiger partial charge is 0.142 e. The average Bonchev–Trinajstić information content (AvgIpc) is 2.31. The van der Waals surface area contributed by atoms with Crippen LogP contribution in [0.15, 0.2) is 0 Å². The molecular formula is C9H19BO3. The molecule has 1 rings (SSSR count). The highest BCUT2D eigenvalue weighted by atomic mass is 16.6. The first-order chi connectivity index (χ1) is 6.06. The fourth-order valence-electron chi connectivity index (χ4n) is 1.77. The van der Waals surface area contributed by atoms with Crippen molar-refractivity contribution < 1.29 is 14.6 Å². The maximum atomic E-state index is 9.82. The first-order valence-corrected chi connectivity index (χ1v) is 5.05. The van der Waals surface area contributed by atoms with Crippen molar-refractivity contribution in [2.24, 2.45) is 0 Å². The molecule has 0 radical (unpaired) electrons. The normalized spacial score (nSPS) is 40.1. The second-order valence-electron chi connectivity index (χ2n) is 3.93. The minimum absolute atomic E-state index is 0.00218. The number of hydrogen-bond donors (Lipinski definition) is 1. The summed E-state index contributed by atoms with van der Waals surface area (Å²) in [6.45, 7) is 5.95. The zero-order chi connectivity index (χ0) is 10.0. The van der Waals surface area contributed by atoms with Crippen LogP contribution in [-0.2, 0) is 9.47 Å². The Balaban J connectivity index is 2.53. The Morgan fingerprint density at radius 2 is 2.15 bits per heavy atom. The Kier molecular flexibility index (Phi) is 3.77. The standard InChI is InChI=1S/C9H19BO3/c1-4-6-7(11)8(9(10)13-6)12-5(2)3/h5-9,11H,4,10H2,1-3H3/t6-,7?,8+,9-/m1/s1. The maximum Gasteiger partial charge on any atom is 0.142 e. The number of aliphatic hydroxyl groups is 1. The summed E-state index contributed by atoms with van der Waals surface area (Å²) < 4.78 is 11.2. The molecule has 0 aromatic heterocycles. The highest BCUT2D eigenvalue weighted by molar-refractivity contribution is 6.11. The molecule has 4 heteroatoms. The van der Waals surface area contributed by atoms with Crippen LogP contribution in [0.3, 0.4) is 0 Å². The monoisotopic (exact) mass is 186 g/mol. The van der Waals surface area contributed by atoms with Crippen LogP contribution in [-0.4, -0.2) is 43.4 Å². The second-order valence-corrected chi connectivity index (χ2v) is 3.93. The van der Waals surface area contributed by atoms with Crippen molar-refractivity contribution in [3.63, 3.8) is 0 Å². The SMILES string of the molecule is B[C@@H]1O[C@H](CC)C(O)[C@@H]1OC(C)C. The quantitative estimate of drug-likeness (QED) is 0.626. The van der Waals surface area contributed by atoms with Crippen molar-refractivity contribution in [2.75, 3.05) is 0 Å². The zero-order valence-corrected chi connectivity index (χ0v) is 8.86.